The maximum Gasteiger partial charge on any atom is 0.255 e. The number of ether oxygens (including phenoxy) is 2. The van der Waals surface area contributed by atoms with Gasteiger partial charge in [0.25, 0.3) is 5.91 Å². The number of primary amides is 1. The predicted molar refractivity (Wildman–Crippen MR) is 115 cm³/mol. The number of carbonyl (C=O) groups excluding carboxylic acids is 3. The average Bonchev–Trinajstić information content (AvgIpc) is 2.72. The first-order chi connectivity index (χ1) is 14.9. The van der Waals surface area contributed by atoms with Gasteiger partial charge in [0, 0.05) is 41.3 Å². The normalized spacial score (nSPS) is 19.0. The van der Waals surface area contributed by atoms with Crippen LogP contribution in [0.15, 0.2) is 34.7 Å². The standard InChI is InChI=1S/C23H25ClN2O5/c1-2-30-18-10-12(9-13(24)23(18)31-11-19(25)29)20-21-14(5-3-7-16(21)27)26-15-6-4-8-17(28)22(15)20/h9-10,20,26H,2-8,11H2,1H3,(H2,25,29). The van der Waals surface area contributed by atoms with Gasteiger partial charge in [-0.2, -0.15) is 0 Å². The summed E-state index contributed by atoms with van der Waals surface area (Å²) in [6.07, 6.45) is 4.04. The number of allylic oxidation sites excluding steroid dienone is 4. The van der Waals surface area contributed by atoms with Crippen molar-refractivity contribution < 1.29 is 23.9 Å². The average molecular weight is 445 g/mol. The quantitative estimate of drug-likeness (QED) is 0.697. The smallest absolute Gasteiger partial charge is 0.255 e. The lowest BCUT2D eigenvalue weighted by Crippen LogP contribution is -2.36. The lowest BCUT2D eigenvalue weighted by atomic mass is 9.71. The molecule has 1 aromatic carbocycles. The fourth-order valence-electron chi connectivity index (χ4n) is 4.62. The number of hydrogen-bond donors (Lipinski definition) is 2. The van der Waals surface area contributed by atoms with E-state index in [4.69, 9.17) is 26.8 Å². The minimum absolute atomic E-state index is 0.0480. The van der Waals surface area contributed by atoms with E-state index in [-0.39, 0.29) is 28.9 Å². The van der Waals surface area contributed by atoms with Gasteiger partial charge in [-0.1, -0.05) is 11.6 Å². The third kappa shape index (κ3) is 4.06. The molecule has 1 aliphatic heterocycles. The molecule has 3 N–H and O–H groups in total. The van der Waals surface area contributed by atoms with Gasteiger partial charge in [0.1, 0.15) is 0 Å². The van der Waals surface area contributed by atoms with Crippen molar-refractivity contribution in [1.82, 2.24) is 5.32 Å². The molecule has 4 rings (SSSR count). The molecule has 8 heteroatoms. The van der Waals surface area contributed by atoms with E-state index in [1.54, 1.807) is 12.1 Å². The van der Waals surface area contributed by atoms with Crippen LogP contribution < -0.4 is 20.5 Å². The highest BCUT2D eigenvalue weighted by molar-refractivity contribution is 6.32. The summed E-state index contributed by atoms with van der Waals surface area (Å²) < 4.78 is 11.2. The Morgan fingerprint density at radius 2 is 1.68 bits per heavy atom. The highest BCUT2D eigenvalue weighted by Gasteiger charge is 2.40. The number of Topliss-reactive ketones (excluding diaryl/α,β-unsaturated/α-hetero) is 2. The van der Waals surface area contributed by atoms with Gasteiger partial charge in [-0.05, 0) is 50.3 Å². The Labute approximate surface area is 185 Å². The Bertz CT molecular complexity index is 985. The molecule has 0 bridgehead atoms. The molecule has 1 amide bonds. The van der Waals surface area contributed by atoms with Crippen molar-refractivity contribution in [2.75, 3.05) is 13.2 Å². The van der Waals surface area contributed by atoms with E-state index in [0.717, 1.165) is 37.1 Å². The molecule has 2 aliphatic carbocycles. The summed E-state index contributed by atoms with van der Waals surface area (Å²) in [5.41, 5.74) is 8.98. The molecule has 0 saturated carbocycles. The van der Waals surface area contributed by atoms with E-state index in [1.165, 1.54) is 0 Å². The molecule has 7 nitrogen and oxygen atoms in total. The van der Waals surface area contributed by atoms with Crippen molar-refractivity contribution in [2.24, 2.45) is 5.73 Å². The van der Waals surface area contributed by atoms with E-state index in [1.807, 2.05) is 6.92 Å². The molecule has 0 atom stereocenters. The van der Waals surface area contributed by atoms with Crippen LogP contribution in [0, 0.1) is 0 Å². The minimum Gasteiger partial charge on any atom is -0.490 e. The highest BCUT2D eigenvalue weighted by atomic mass is 35.5. The van der Waals surface area contributed by atoms with Crippen molar-refractivity contribution >= 4 is 29.1 Å². The van der Waals surface area contributed by atoms with E-state index in [0.29, 0.717) is 41.9 Å². The summed E-state index contributed by atoms with van der Waals surface area (Å²) in [6.45, 7) is 1.83. The molecule has 1 aromatic rings. The van der Waals surface area contributed by atoms with Gasteiger partial charge >= 0.3 is 0 Å². The third-order valence-corrected chi connectivity index (χ3v) is 6.10. The predicted octanol–water partition coefficient (Wildman–Crippen LogP) is 3.30. The molecule has 1 heterocycles. The number of ketones is 2. The van der Waals surface area contributed by atoms with E-state index in [2.05, 4.69) is 5.32 Å². The van der Waals surface area contributed by atoms with Crippen LogP contribution >= 0.6 is 11.6 Å². The number of rotatable bonds is 6. The number of carbonyl (C=O) groups is 3. The van der Waals surface area contributed by atoms with E-state index >= 15 is 0 Å². The molecular weight excluding hydrogens is 420 g/mol. The molecule has 0 spiro atoms. The SMILES string of the molecule is CCOc1cc(C2C3=C(CCCC3=O)NC3=C2C(=O)CCC3)cc(Cl)c1OCC(N)=O. The summed E-state index contributed by atoms with van der Waals surface area (Å²) in [5, 5.41) is 3.63. The molecule has 0 saturated heterocycles. The zero-order chi connectivity index (χ0) is 22.1. The second-order valence-electron chi connectivity index (χ2n) is 7.91. The number of amides is 1. The summed E-state index contributed by atoms with van der Waals surface area (Å²) >= 11 is 6.52. The fraction of sp³-hybridized carbons (Fsp3) is 0.435. The van der Waals surface area contributed by atoms with Crippen molar-refractivity contribution in [2.45, 2.75) is 51.4 Å². The zero-order valence-corrected chi connectivity index (χ0v) is 18.1. The van der Waals surface area contributed by atoms with E-state index in [9.17, 15) is 14.4 Å². The first-order valence-corrected chi connectivity index (χ1v) is 10.9. The van der Waals surface area contributed by atoms with Crippen LogP contribution in [0.25, 0.3) is 0 Å². The molecule has 31 heavy (non-hydrogen) atoms. The molecule has 0 radical (unpaired) electrons. The highest BCUT2D eigenvalue weighted by Crippen LogP contribution is 2.48. The Morgan fingerprint density at radius 3 is 2.23 bits per heavy atom. The third-order valence-electron chi connectivity index (χ3n) is 5.82. The van der Waals surface area contributed by atoms with Crippen molar-refractivity contribution in [1.29, 1.82) is 0 Å². The van der Waals surface area contributed by atoms with Gasteiger partial charge in [0.2, 0.25) is 0 Å². The van der Waals surface area contributed by atoms with Crippen LogP contribution in [0.3, 0.4) is 0 Å². The molecule has 3 aliphatic rings. The number of nitrogens with two attached hydrogens (primary N) is 1. The first kappa shape index (κ1) is 21.4. The number of halogens is 1. The van der Waals surface area contributed by atoms with Crippen LogP contribution in [0.1, 0.15) is 56.9 Å². The lowest BCUT2D eigenvalue weighted by molar-refractivity contribution is -0.120. The minimum atomic E-state index is -0.633. The lowest BCUT2D eigenvalue weighted by Gasteiger charge is -2.37. The topological polar surface area (TPSA) is 108 Å². The summed E-state index contributed by atoms with van der Waals surface area (Å²) in [4.78, 5) is 37.1. The largest absolute Gasteiger partial charge is 0.490 e. The van der Waals surface area contributed by atoms with Crippen molar-refractivity contribution in [3.05, 3.63) is 45.3 Å². The molecular formula is C23H25ClN2O5. The van der Waals surface area contributed by atoms with Crippen LogP contribution in [-0.4, -0.2) is 30.7 Å². The maximum absolute atomic E-state index is 13.0. The number of benzene rings is 1. The Balaban J connectivity index is 1.86. The van der Waals surface area contributed by atoms with Gasteiger partial charge in [0.15, 0.2) is 29.7 Å². The van der Waals surface area contributed by atoms with Crippen molar-refractivity contribution in [3.63, 3.8) is 0 Å². The van der Waals surface area contributed by atoms with Crippen molar-refractivity contribution in [3.8, 4) is 11.5 Å². The number of hydrogen-bond acceptors (Lipinski definition) is 6. The van der Waals surface area contributed by atoms with Crippen LogP contribution in [0.2, 0.25) is 5.02 Å². The van der Waals surface area contributed by atoms with E-state index < -0.39 is 11.8 Å². The number of dihydropyridines is 1. The van der Waals surface area contributed by atoms with Gasteiger partial charge in [-0.3, -0.25) is 14.4 Å². The van der Waals surface area contributed by atoms with Gasteiger partial charge in [-0.15, -0.1) is 0 Å². The summed E-state index contributed by atoms with van der Waals surface area (Å²) in [7, 11) is 0. The summed E-state index contributed by atoms with van der Waals surface area (Å²) in [5.74, 6) is -0.465. The zero-order valence-electron chi connectivity index (χ0n) is 17.4. The second kappa shape index (κ2) is 8.75. The second-order valence-corrected chi connectivity index (χ2v) is 8.32. The Kier molecular flexibility index (Phi) is 6.05. The summed E-state index contributed by atoms with van der Waals surface area (Å²) in [6, 6.07) is 3.44. The van der Waals surface area contributed by atoms with Crippen LogP contribution in [0.4, 0.5) is 0 Å². The molecule has 0 fully saturated rings. The fourth-order valence-corrected chi connectivity index (χ4v) is 4.89. The number of nitrogens with one attached hydrogen (secondary N) is 1. The van der Waals surface area contributed by atoms with Gasteiger partial charge < -0.3 is 20.5 Å². The maximum atomic E-state index is 13.0. The first-order valence-electron chi connectivity index (χ1n) is 10.6. The Hall–Kier alpha value is -2.80. The molecule has 0 unspecified atom stereocenters. The Morgan fingerprint density at radius 1 is 1.06 bits per heavy atom. The monoisotopic (exact) mass is 444 g/mol. The van der Waals surface area contributed by atoms with Gasteiger partial charge in [-0.25, -0.2) is 0 Å². The molecule has 0 aromatic heterocycles. The van der Waals surface area contributed by atoms with Crippen LogP contribution in [-0.2, 0) is 14.4 Å². The van der Waals surface area contributed by atoms with Gasteiger partial charge in [0.05, 0.1) is 11.6 Å². The molecule has 164 valence electrons. The van der Waals surface area contributed by atoms with Crippen LogP contribution in [0.5, 0.6) is 11.5 Å².